The van der Waals surface area contributed by atoms with E-state index < -0.39 is 10.0 Å². The van der Waals surface area contributed by atoms with Crippen LogP contribution in [0.25, 0.3) is 0 Å². The molecule has 1 unspecified atom stereocenters. The summed E-state index contributed by atoms with van der Waals surface area (Å²) in [5.41, 5.74) is 0. The fraction of sp³-hybridized carbons (Fsp3) is 0.750. The molecular formula is C16H28N4O4S. The molecule has 1 fully saturated rings. The number of nitrogens with zero attached hydrogens (tertiary/aromatic N) is 2. The number of nitrogens with one attached hydrogen (secondary N) is 2. The Balaban J connectivity index is 1.96. The number of carbonyl (C=O) groups is 1. The maximum absolute atomic E-state index is 12.7. The third kappa shape index (κ3) is 6.41. The summed E-state index contributed by atoms with van der Waals surface area (Å²) in [5, 5.41) is 6.64. The third-order valence-corrected chi connectivity index (χ3v) is 5.13. The van der Waals surface area contributed by atoms with E-state index in [0.717, 1.165) is 19.3 Å². The van der Waals surface area contributed by atoms with Gasteiger partial charge in [0.25, 0.3) is 0 Å². The Morgan fingerprint density at radius 3 is 2.64 bits per heavy atom. The molecular weight excluding hydrogens is 344 g/mol. The molecule has 1 aromatic rings. The van der Waals surface area contributed by atoms with Crippen LogP contribution >= 0.6 is 0 Å². The Morgan fingerprint density at radius 2 is 2.12 bits per heavy atom. The van der Waals surface area contributed by atoms with Crippen molar-refractivity contribution in [1.29, 1.82) is 0 Å². The van der Waals surface area contributed by atoms with Crippen molar-refractivity contribution in [2.24, 2.45) is 0 Å². The lowest BCUT2D eigenvalue weighted by Gasteiger charge is -2.36. The third-order valence-electron chi connectivity index (χ3n) is 4.36. The van der Waals surface area contributed by atoms with Crippen molar-refractivity contribution in [2.75, 3.05) is 24.7 Å². The van der Waals surface area contributed by atoms with E-state index in [4.69, 9.17) is 4.52 Å². The Labute approximate surface area is 149 Å². The zero-order valence-electron chi connectivity index (χ0n) is 15.1. The first-order chi connectivity index (χ1) is 11.8. The first-order valence-corrected chi connectivity index (χ1v) is 10.6. The van der Waals surface area contributed by atoms with Gasteiger partial charge < -0.3 is 9.84 Å². The van der Waals surface area contributed by atoms with Gasteiger partial charge in [-0.3, -0.25) is 9.69 Å². The van der Waals surface area contributed by atoms with Crippen LogP contribution in [-0.4, -0.2) is 55.8 Å². The second-order valence-corrected chi connectivity index (χ2v) is 8.45. The normalized spacial score (nSPS) is 18.2. The van der Waals surface area contributed by atoms with Crippen LogP contribution in [0.5, 0.6) is 0 Å². The minimum atomic E-state index is -3.20. The van der Waals surface area contributed by atoms with Crippen molar-refractivity contribution in [3.63, 3.8) is 0 Å². The Bertz CT molecular complexity index is 665. The minimum Gasteiger partial charge on any atom is -0.360 e. The number of anilines is 1. The number of rotatable bonds is 8. The van der Waals surface area contributed by atoms with Gasteiger partial charge in [0.2, 0.25) is 15.9 Å². The number of sulfonamides is 1. The van der Waals surface area contributed by atoms with Crippen LogP contribution in [0.15, 0.2) is 10.6 Å². The average molecular weight is 372 g/mol. The van der Waals surface area contributed by atoms with Crippen LogP contribution in [-0.2, 0) is 14.8 Å². The summed E-state index contributed by atoms with van der Waals surface area (Å²) in [7, 11) is -3.20. The van der Waals surface area contributed by atoms with E-state index in [9.17, 15) is 13.2 Å². The van der Waals surface area contributed by atoms with Crippen LogP contribution in [0.2, 0.25) is 0 Å². The van der Waals surface area contributed by atoms with Gasteiger partial charge in [0.1, 0.15) is 5.76 Å². The van der Waals surface area contributed by atoms with Gasteiger partial charge in [-0.25, -0.2) is 13.1 Å². The number of amides is 1. The molecule has 1 atom stereocenters. The first kappa shape index (κ1) is 19.9. The highest BCUT2D eigenvalue weighted by atomic mass is 32.2. The number of hydrogen-bond acceptors (Lipinski definition) is 6. The zero-order valence-corrected chi connectivity index (χ0v) is 15.9. The van der Waals surface area contributed by atoms with E-state index >= 15 is 0 Å². The highest BCUT2D eigenvalue weighted by molar-refractivity contribution is 7.88. The summed E-state index contributed by atoms with van der Waals surface area (Å²) < 4.78 is 30.4. The standard InChI is InChI=1S/C16H28N4O4S/c1-4-5-6-14(16(21)17-15-11-12(2)24-18-15)20-9-7-13(8-10-20)19-25(3,22)23/h11,13-14,19H,4-10H2,1-3H3,(H,17,18,21). The number of aromatic nitrogens is 1. The lowest BCUT2D eigenvalue weighted by atomic mass is 10.0. The number of unbranched alkanes of at least 4 members (excludes halogenated alkanes) is 1. The second kappa shape index (κ2) is 8.77. The number of piperidine rings is 1. The van der Waals surface area contributed by atoms with E-state index in [2.05, 4.69) is 27.0 Å². The topological polar surface area (TPSA) is 105 Å². The molecule has 0 bridgehead atoms. The predicted molar refractivity (Wildman–Crippen MR) is 95.8 cm³/mol. The summed E-state index contributed by atoms with van der Waals surface area (Å²) in [6.07, 6.45) is 5.31. The molecule has 0 aliphatic carbocycles. The maximum Gasteiger partial charge on any atom is 0.242 e. The highest BCUT2D eigenvalue weighted by Gasteiger charge is 2.30. The van der Waals surface area contributed by atoms with Crippen molar-refractivity contribution in [3.05, 3.63) is 11.8 Å². The molecule has 2 heterocycles. The molecule has 9 heteroatoms. The smallest absolute Gasteiger partial charge is 0.242 e. The molecule has 1 amide bonds. The lowest BCUT2D eigenvalue weighted by molar-refractivity contribution is -0.122. The van der Waals surface area contributed by atoms with E-state index in [1.165, 1.54) is 6.26 Å². The molecule has 0 aromatic carbocycles. The highest BCUT2D eigenvalue weighted by Crippen LogP contribution is 2.19. The second-order valence-electron chi connectivity index (χ2n) is 6.67. The maximum atomic E-state index is 12.7. The monoisotopic (exact) mass is 372 g/mol. The van der Waals surface area contributed by atoms with Gasteiger partial charge in [0, 0.05) is 25.2 Å². The summed E-state index contributed by atoms with van der Waals surface area (Å²) in [5.74, 6) is 0.988. The fourth-order valence-corrected chi connectivity index (χ4v) is 3.98. The first-order valence-electron chi connectivity index (χ1n) is 8.74. The molecule has 25 heavy (non-hydrogen) atoms. The molecule has 1 aromatic heterocycles. The molecule has 0 saturated carbocycles. The van der Waals surface area contributed by atoms with Crippen LogP contribution in [0.3, 0.4) is 0 Å². The quantitative estimate of drug-likeness (QED) is 0.716. The SMILES string of the molecule is CCCCC(C(=O)Nc1cc(C)on1)N1CCC(NS(C)(=O)=O)CC1. The molecule has 2 N–H and O–H groups in total. The summed E-state index contributed by atoms with van der Waals surface area (Å²) in [4.78, 5) is 14.8. The van der Waals surface area contributed by atoms with Gasteiger partial charge in [-0.05, 0) is 26.2 Å². The molecule has 1 aliphatic rings. The van der Waals surface area contributed by atoms with Crippen LogP contribution < -0.4 is 10.0 Å². The van der Waals surface area contributed by atoms with Crippen molar-refractivity contribution >= 4 is 21.7 Å². The Hall–Kier alpha value is -1.45. The molecule has 1 aliphatic heterocycles. The molecule has 0 spiro atoms. The Morgan fingerprint density at radius 1 is 1.44 bits per heavy atom. The summed E-state index contributed by atoms with van der Waals surface area (Å²) >= 11 is 0. The zero-order chi connectivity index (χ0) is 18.4. The minimum absolute atomic E-state index is 0.0562. The van der Waals surface area contributed by atoms with Gasteiger partial charge in [-0.1, -0.05) is 24.9 Å². The number of aryl methyl sites for hydroxylation is 1. The molecule has 0 radical (unpaired) electrons. The van der Waals surface area contributed by atoms with Crippen molar-refractivity contribution in [1.82, 2.24) is 14.8 Å². The van der Waals surface area contributed by atoms with Gasteiger partial charge in [-0.15, -0.1) is 0 Å². The molecule has 8 nitrogen and oxygen atoms in total. The fourth-order valence-electron chi connectivity index (χ4n) is 3.14. The largest absolute Gasteiger partial charge is 0.360 e. The summed E-state index contributed by atoms with van der Waals surface area (Å²) in [6, 6.07) is 1.40. The van der Waals surface area contributed by atoms with E-state index in [-0.39, 0.29) is 18.0 Å². The van der Waals surface area contributed by atoms with E-state index in [1.807, 2.05) is 0 Å². The molecule has 2 rings (SSSR count). The number of hydrogen-bond donors (Lipinski definition) is 2. The average Bonchev–Trinajstić information content (AvgIpc) is 2.92. The van der Waals surface area contributed by atoms with E-state index in [1.54, 1.807) is 13.0 Å². The summed E-state index contributed by atoms with van der Waals surface area (Å²) in [6.45, 7) is 5.24. The lowest BCUT2D eigenvalue weighted by Crippen LogP contribution is -2.51. The molecule has 1 saturated heterocycles. The van der Waals surface area contributed by atoms with Crippen molar-refractivity contribution in [2.45, 2.75) is 58.0 Å². The van der Waals surface area contributed by atoms with Gasteiger partial charge >= 0.3 is 0 Å². The van der Waals surface area contributed by atoms with Crippen molar-refractivity contribution < 1.29 is 17.7 Å². The van der Waals surface area contributed by atoms with Crippen LogP contribution in [0.1, 0.15) is 44.8 Å². The van der Waals surface area contributed by atoms with Gasteiger partial charge in [0.15, 0.2) is 5.82 Å². The van der Waals surface area contributed by atoms with E-state index in [0.29, 0.717) is 37.5 Å². The number of likely N-dealkylation sites (tertiary alicyclic amines) is 1. The van der Waals surface area contributed by atoms with Crippen LogP contribution in [0, 0.1) is 6.92 Å². The van der Waals surface area contributed by atoms with Crippen LogP contribution in [0.4, 0.5) is 5.82 Å². The van der Waals surface area contributed by atoms with Gasteiger partial charge in [-0.2, -0.15) is 0 Å². The van der Waals surface area contributed by atoms with Gasteiger partial charge in [0.05, 0.1) is 12.3 Å². The number of carbonyl (C=O) groups excluding carboxylic acids is 1. The van der Waals surface area contributed by atoms with Crippen molar-refractivity contribution in [3.8, 4) is 0 Å². The predicted octanol–water partition coefficient (Wildman–Crippen LogP) is 1.49. The Kier molecular flexibility index (Phi) is 6.97. The molecule has 142 valence electrons.